The smallest absolute Gasteiger partial charge is 0.142 e. The maximum absolute atomic E-state index is 6.54. The quantitative estimate of drug-likeness (QED) is 0.577. The van der Waals surface area contributed by atoms with E-state index in [0.29, 0.717) is 0 Å². The normalized spacial score (nSPS) is 11.3. The van der Waals surface area contributed by atoms with Crippen molar-refractivity contribution >= 4 is 16.9 Å². The summed E-state index contributed by atoms with van der Waals surface area (Å²) in [5, 5.41) is 0. The van der Waals surface area contributed by atoms with E-state index in [-0.39, 0.29) is 0 Å². The molecule has 4 nitrogen and oxygen atoms in total. The molecule has 0 radical (unpaired) electrons. The molecule has 0 amide bonds. The van der Waals surface area contributed by atoms with E-state index in [4.69, 9.17) is 10.7 Å². The Hall–Kier alpha value is -3.01. The number of rotatable bonds is 3. The van der Waals surface area contributed by atoms with E-state index in [1.54, 1.807) is 0 Å². The van der Waals surface area contributed by atoms with Gasteiger partial charge >= 0.3 is 0 Å². The summed E-state index contributed by atoms with van der Waals surface area (Å²) < 4.78 is 2.17. The molecule has 0 unspecified atom stereocenters. The molecule has 0 bridgehead atoms. The van der Waals surface area contributed by atoms with Crippen LogP contribution in [0.25, 0.3) is 22.4 Å². The minimum atomic E-state index is 0.759. The monoisotopic (exact) mass is 330 g/mol. The van der Waals surface area contributed by atoms with Gasteiger partial charge in [-0.15, -0.1) is 0 Å². The van der Waals surface area contributed by atoms with Crippen molar-refractivity contribution in [2.24, 2.45) is 0 Å². The lowest BCUT2D eigenvalue weighted by molar-refractivity contribution is 0.784. The van der Waals surface area contributed by atoms with Crippen molar-refractivity contribution in [1.82, 2.24) is 14.5 Å². The van der Waals surface area contributed by atoms with Gasteiger partial charge in [0.25, 0.3) is 0 Å². The first-order chi connectivity index (χ1) is 12.0. The zero-order valence-electron chi connectivity index (χ0n) is 14.8. The van der Waals surface area contributed by atoms with Crippen LogP contribution < -0.4 is 5.73 Å². The van der Waals surface area contributed by atoms with E-state index >= 15 is 0 Å². The van der Waals surface area contributed by atoms with Gasteiger partial charge in [-0.05, 0) is 44.0 Å². The van der Waals surface area contributed by atoms with Gasteiger partial charge in [0.15, 0.2) is 0 Å². The van der Waals surface area contributed by atoms with Crippen LogP contribution >= 0.6 is 0 Å². The minimum Gasteiger partial charge on any atom is -0.384 e. The Kier molecular flexibility index (Phi) is 3.61. The molecule has 2 aromatic carbocycles. The fraction of sp³-hybridized carbons (Fsp3) is 0.190. The summed E-state index contributed by atoms with van der Waals surface area (Å²) in [4.78, 5) is 8.13. The highest BCUT2D eigenvalue weighted by Crippen LogP contribution is 2.34. The molecule has 4 heteroatoms. The van der Waals surface area contributed by atoms with Crippen molar-refractivity contribution in [3.63, 3.8) is 0 Å². The summed E-state index contributed by atoms with van der Waals surface area (Å²) in [6, 6.07) is 16.6. The summed E-state index contributed by atoms with van der Waals surface area (Å²) in [6.45, 7) is 7.09. The highest BCUT2D eigenvalue weighted by Gasteiger charge is 2.19. The highest BCUT2D eigenvalue weighted by atomic mass is 15.1. The van der Waals surface area contributed by atoms with Gasteiger partial charge in [0.1, 0.15) is 11.6 Å². The predicted molar refractivity (Wildman–Crippen MR) is 104 cm³/mol. The first-order valence-corrected chi connectivity index (χ1v) is 8.50. The Morgan fingerprint density at radius 2 is 1.72 bits per heavy atom. The number of H-pyrrole nitrogens is 1. The standard InChI is InChI=1S/C21H22N4/c1-13-8-10-16(11-9-13)12-25-15(3)14(2)19(20(25)22)21-23-17-6-4-5-7-18(17)24-21/h4-11H,12,22H2,1-3H3,(H,23,24). The van der Waals surface area contributed by atoms with E-state index in [1.807, 2.05) is 24.3 Å². The summed E-state index contributed by atoms with van der Waals surface area (Å²) in [5.74, 6) is 1.59. The van der Waals surface area contributed by atoms with Crippen LogP contribution in [0.15, 0.2) is 48.5 Å². The Morgan fingerprint density at radius 1 is 1.00 bits per heavy atom. The van der Waals surface area contributed by atoms with E-state index in [0.717, 1.165) is 34.8 Å². The number of nitrogen functional groups attached to an aromatic ring is 1. The number of aromatic nitrogens is 3. The number of benzene rings is 2. The van der Waals surface area contributed by atoms with Gasteiger partial charge in [-0.3, -0.25) is 0 Å². The van der Waals surface area contributed by atoms with Gasteiger partial charge in [0, 0.05) is 12.2 Å². The molecular formula is C21H22N4. The van der Waals surface area contributed by atoms with Crippen molar-refractivity contribution in [3.05, 3.63) is 70.9 Å². The summed E-state index contributed by atoms with van der Waals surface area (Å²) >= 11 is 0. The number of para-hydroxylation sites is 2. The largest absolute Gasteiger partial charge is 0.384 e. The SMILES string of the molecule is Cc1ccc(Cn2c(C)c(C)c(-c3nc4ccccc4[nH]3)c2N)cc1. The molecule has 0 fully saturated rings. The zero-order valence-corrected chi connectivity index (χ0v) is 14.8. The second-order valence-electron chi connectivity index (χ2n) is 6.64. The van der Waals surface area contributed by atoms with E-state index in [9.17, 15) is 0 Å². The molecule has 4 aromatic rings. The fourth-order valence-electron chi connectivity index (χ4n) is 3.34. The number of hydrogen-bond acceptors (Lipinski definition) is 2. The van der Waals surface area contributed by atoms with Gasteiger partial charge in [-0.25, -0.2) is 4.98 Å². The lowest BCUT2D eigenvalue weighted by Gasteiger charge is -2.10. The molecule has 0 aliphatic rings. The molecule has 126 valence electrons. The lowest BCUT2D eigenvalue weighted by atomic mass is 10.1. The van der Waals surface area contributed by atoms with Gasteiger partial charge in [-0.2, -0.15) is 0 Å². The average Bonchev–Trinajstić information content (AvgIpc) is 3.11. The molecule has 0 aliphatic heterocycles. The van der Waals surface area contributed by atoms with Crippen LogP contribution in [0.1, 0.15) is 22.4 Å². The molecule has 3 N–H and O–H groups in total. The summed E-state index contributed by atoms with van der Waals surface area (Å²) in [5.41, 5.74) is 14.4. The Labute approximate surface area is 147 Å². The zero-order chi connectivity index (χ0) is 17.6. The van der Waals surface area contributed by atoms with Gasteiger partial charge in [0.05, 0.1) is 16.6 Å². The topological polar surface area (TPSA) is 59.6 Å². The predicted octanol–water partition coefficient (Wildman–Crippen LogP) is 4.59. The fourth-order valence-corrected chi connectivity index (χ4v) is 3.34. The van der Waals surface area contributed by atoms with E-state index in [1.165, 1.54) is 22.4 Å². The van der Waals surface area contributed by atoms with Crippen LogP contribution in [0.4, 0.5) is 5.82 Å². The molecule has 0 aliphatic carbocycles. The lowest BCUT2D eigenvalue weighted by Crippen LogP contribution is -2.06. The maximum Gasteiger partial charge on any atom is 0.142 e. The number of fused-ring (bicyclic) bond motifs is 1. The highest BCUT2D eigenvalue weighted by molar-refractivity contribution is 5.83. The molecule has 0 atom stereocenters. The number of nitrogens with one attached hydrogen (secondary N) is 1. The van der Waals surface area contributed by atoms with Crippen LogP contribution in [0.3, 0.4) is 0 Å². The third-order valence-corrected chi connectivity index (χ3v) is 4.96. The second-order valence-corrected chi connectivity index (χ2v) is 6.64. The first-order valence-electron chi connectivity index (χ1n) is 8.50. The van der Waals surface area contributed by atoms with Gasteiger partial charge < -0.3 is 15.3 Å². The Bertz CT molecular complexity index is 1020. The van der Waals surface area contributed by atoms with Crippen LogP contribution in [0.5, 0.6) is 0 Å². The van der Waals surface area contributed by atoms with Crippen molar-refractivity contribution in [1.29, 1.82) is 0 Å². The average molecular weight is 330 g/mol. The van der Waals surface area contributed by atoms with Crippen LogP contribution in [0.2, 0.25) is 0 Å². The number of imidazole rings is 1. The summed E-state index contributed by atoms with van der Waals surface area (Å²) in [7, 11) is 0. The molecule has 4 rings (SSSR count). The number of aryl methyl sites for hydroxylation is 1. The molecule has 0 saturated heterocycles. The summed E-state index contributed by atoms with van der Waals surface area (Å²) in [6.07, 6.45) is 0. The Balaban J connectivity index is 1.80. The van der Waals surface area contributed by atoms with Crippen molar-refractivity contribution in [2.75, 3.05) is 5.73 Å². The minimum absolute atomic E-state index is 0.759. The molecule has 2 aromatic heterocycles. The van der Waals surface area contributed by atoms with Gasteiger partial charge in [-0.1, -0.05) is 42.0 Å². The number of nitrogens with zero attached hydrogens (tertiary/aromatic N) is 2. The van der Waals surface area contributed by atoms with Crippen molar-refractivity contribution < 1.29 is 0 Å². The number of nitrogens with two attached hydrogens (primary N) is 1. The van der Waals surface area contributed by atoms with Gasteiger partial charge in [0.2, 0.25) is 0 Å². The van der Waals surface area contributed by atoms with Crippen LogP contribution in [-0.2, 0) is 6.54 Å². The number of aromatic amines is 1. The van der Waals surface area contributed by atoms with Crippen LogP contribution in [0, 0.1) is 20.8 Å². The third kappa shape index (κ3) is 2.60. The first kappa shape index (κ1) is 15.5. The van der Waals surface area contributed by atoms with Crippen molar-refractivity contribution in [3.8, 4) is 11.4 Å². The Morgan fingerprint density at radius 3 is 2.44 bits per heavy atom. The maximum atomic E-state index is 6.54. The molecule has 0 spiro atoms. The second kappa shape index (κ2) is 5.81. The molecule has 2 heterocycles. The number of hydrogen-bond donors (Lipinski definition) is 2. The number of anilines is 1. The van der Waals surface area contributed by atoms with Crippen molar-refractivity contribution in [2.45, 2.75) is 27.3 Å². The van der Waals surface area contributed by atoms with E-state index < -0.39 is 0 Å². The molecule has 25 heavy (non-hydrogen) atoms. The van der Waals surface area contributed by atoms with E-state index in [2.05, 4.69) is 54.6 Å². The van der Waals surface area contributed by atoms with Crippen LogP contribution in [-0.4, -0.2) is 14.5 Å². The molecule has 0 saturated carbocycles. The molecular weight excluding hydrogens is 308 g/mol. The third-order valence-electron chi connectivity index (χ3n) is 4.96.